The molecule has 10 heteroatoms. The van der Waals surface area contributed by atoms with Crippen LogP contribution in [0.1, 0.15) is 12.5 Å². The van der Waals surface area contributed by atoms with Crippen molar-refractivity contribution >= 4 is 35.7 Å². The van der Waals surface area contributed by atoms with Crippen LogP contribution in [0.15, 0.2) is 33.7 Å². The van der Waals surface area contributed by atoms with Crippen LogP contribution in [0.3, 0.4) is 0 Å². The van der Waals surface area contributed by atoms with E-state index in [4.69, 9.17) is 9.15 Å². The molecule has 160 valence electrons. The number of hydrogen-bond acceptors (Lipinski definition) is 6. The predicted octanol–water partition coefficient (Wildman–Crippen LogP) is 4.94. The van der Waals surface area contributed by atoms with Gasteiger partial charge in [-0.15, -0.1) is 5.10 Å². The van der Waals surface area contributed by atoms with Crippen LogP contribution in [0.25, 0.3) is 22.7 Å². The molecule has 3 rings (SSSR count). The number of halogens is 1. The highest BCUT2D eigenvalue weighted by atomic mass is 79.9. The van der Waals surface area contributed by atoms with Crippen molar-refractivity contribution in [3.63, 3.8) is 0 Å². The Morgan fingerprint density at radius 1 is 1.27 bits per heavy atom. The van der Waals surface area contributed by atoms with Crippen LogP contribution in [-0.2, 0) is 16.3 Å². The first kappa shape index (κ1) is 22.4. The first-order chi connectivity index (χ1) is 14.1. The molecular weight excluding hydrogens is 466 g/mol. The highest BCUT2D eigenvalue weighted by Gasteiger charge is 2.18. The van der Waals surface area contributed by atoms with Gasteiger partial charge in [0.15, 0.2) is 10.5 Å². The van der Waals surface area contributed by atoms with Crippen molar-refractivity contribution in [2.75, 3.05) is 11.9 Å². The zero-order chi connectivity index (χ0) is 21.9. The molecule has 0 bridgehead atoms. The summed E-state index contributed by atoms with van der Waals surface area (Å²) in [5.74, 6) is 1.46. The van der Waals surface area contributed by atoms with Gasteiger partial charge in [0.25, 0.3) is 0 Å². The molecule has 0 spiro atoms. The molecule has 8 nitrogen and oxygen atoms in total. The summed E-state index contributed by atoms with van der Waals surface area (Å²) >= 11 is 3.46. The van der Waals surface area contributed by atoms with Crippen molar-refractivity contribution in [2.24, 2.45) is 0 Å². The maximum Gasteiger partial charge on any atom is 0.222 e. The van der Waals surface area contributed by atoms with E-state index >= 15 is 0 Å². The molecule has 30 heavy (non-hydrogen) atoms. The molecule has 3 aromatic rings. The molecule has 0 saturated heterocycles. The second kappa shape index (κ2) is 9.23. The Morgan fingerprint density at radius 2 is 2.03 bits per heavy atom. The summed E-state index contributed by atoms with van der Waals surface area (Å²) in [7, 11) is -1.11. The lowest BCUT2D eigenvalue weighted by molar-refractivity contribution is -0.114. The quantitative estimate of drug-likeness (QED) is 0.354. The van der Waals surface area contributed by atoms with Crippen molar-refractivity contribution < 1.29 is 13.9 Å². The normalized spacial score (nSPS) is 11.7. The van der Waals surface area contributed by atoms with Crippen molar-refractivity contribution in [1.82, 2.24) is 19.7 Å². The molecule has 1 N–H and O–H groups in total. The first-order valence-electron chi connectivity index (χ1n) is 9.64. The van der Waals surface area contributed by atoms with Gasteiger partial charge in [-0.3, -0.25) is 4.79 Å². The minimum atomic E-state index is -1.11. The number of aryl methyl sites for hydroxylation is 1. The SMILES string of the molecule is CC(=O)Nc1cc(-c2cc(-c3ncn(COCC[Si](C)(C)C)n3)c(Br)o2)c(C)cn1. The predicted molar refractivity (Wildman–Crippen MR) is 122 cm³/mol. The Kier molecular flexibility index (Phi) is 6.89. The molecule has 0 fully saturated rings. The minimum absolute atomic E-state index is 0.180. The monoisotopic (exact) mass is 491 g/mol. The molecule has 0 saturated carbocycles. The number of nitrogens with zero attached hydrogens (tertiary/aromatic N) is 4. The number of amides is 1. The Balaban J connectivity index is 1.76. The summed E-state index contributed by atoms with van der Waals surface area (Å²) in [4.78, 5) is 19.9. The van der Waals surface area contributed by atoms with Gasteiger partial charge in [0.1, 0.15) is 24.6 Å². The molecule has 0 radical (unpaired) electrons. The molecule has 3 aromatic heterocycles. The zero-order valence-corrected chi connectivity index (χ0v) is 20.4. The molecule has 1 amide bonds. The van der Waals surface area contributed by atoms with Crippen LogP contribution in [0.2, 0.25) is 25.7 Å². The van der Waals surface area contributed by atoms with Crippen LogP contribution in [0.4, 0.5) is 5.82 Å². The molecular formula is C20H26BrN5O3Si. The van der Waals surface area contributed by atoms with Gasteiger partial charge in [0, 0.05) is 33.4 Å². The lowest BCUT2D eigenvalue weighted by Gasteiger charge is -2.15. The second-order valence-electron chi connectivity index (χ2n) is 8.32. The van der Waals surface area contributed by atoms with Crippen LogP contribution >= 0.6 is 15.9 Å². The average molecular weight is 492 g/mol. The van der Waals surface area contributed by atoms with E-state index in [1.54, 1.807) is 23.3 Å². The average Bonchev–Trinajstić information content (AvgIpc) is 3.25. The van der Waals surface area contributed by atoms with Gasteiger partial charge >= 0.3 is 0 Å². The fourth-order valence-electron chi connectivity index (χ4n) is 2.71. The molecule has 0 aliphatic rings. The van der Waals surface area contributed by atoms with Crippen LogP contribution in [0, 0.1) is 6.92 Å². The maximum atomic E-state index is 11.3. The van der Waals surface area contributed by atoms with Crippen LogP contribution < -0.4 is 5.32 Å². The van der Waals surface area contributed by atoms with E-state index in [1.807, 2.05) is 13.0 Å². The molecule has 3 heterocycles. The largest absolute Gasteiger partial charge is 0.449 e. The third kappa shape index (κ3) is 5.86. The van der Waals surface area contributed by atoms with E-state index in [0.717, 1.165) is 29.3 Å². The zero-order valence-electron chi connectivity index (χ0n) is 17.8. The third-order valence-corrected chi connectivity index (χ3v) is 6.65. The number of rotatable bonds is 8. The summed E-state index contributed by atoms with van der Waals surface area (Å²) in [5.41, 5.74) is 2.49. The maximum absolute atomic E-state index is 11.3. The fraction of sp³-hybridized carbons (Fsp3) is 0.400. The van der Waals surface area contributed by atoms with Gasteiger partial charge in [-0.2, -0.15) is 0 Å². The number of nitrogens with one attached hydrogen (secondary N) is 1. The number of pyridine rings is 1. The Morgan fingerprint density at radius 3 is 2.73 bits per heavy atom. The van der Waals surface area contributed by atoms with Gasteiger partial charge in [0.05, 0.1) is 5.56 Å². The van der Waals surface area contributed by atoms with Crippen molar-refractivity contribution in [1.29, 1.82) is 0 Å². The first-order valence-corrected chi connectivity index (χ1v) is 14.1. The molecule has 0 aliphatic heterocycles. The number of ether oxygens (including phenoxy) is 1. The smallest absolute Gasteiger partial charge is 0.222 e. The molecule has 0 unspecified atom stereocenters. The second-order valence-corrected chi connectivity index (χ2v) is 14.7. The standard InChI is InChI=1S/C20H26BrN5O3Si/c1-13-10-22-18(24-14(2)27)9-15(13)17-8-16(19(21)29-17)20-23-11-26(25-20)12-28-6-7-30(3,4)5/h8-11H,6-7,12H2,1-5H3,(H,22,24,27). The minimum Gasteiger partial charge on any atom is -0.449 e. The van der Waals surface area contributed by atoms with Gasteiger partial charge in [-0.05, 0) is 46.6 Å². The number of anilines is 1. The number of carbonyl (C=O) groups is 1. The van der Waals surface area contributed by atoms with E-state index in [2.05, 4.69) is 56.0 Å². The van der Waals surface area contributed by atoms with E-state index < -0.39 is 8.07 Å². The van der Waals surface area contributed by atoms with E-state index in [9.17, 15) is 4.79 Å². The van der Waals surface area contributed by atoms with Crippen LogP contribution in [0.5, 0.6) is 0 Å². The van der Waals surface area contributed by atoms with Crippen LogP contribution in [-0.4, -0.2) is 40.3 Å². The summed E-state index contributed by atoms with van der Waals surface area (Å²) in [5, 5.41) is 7.18. The molecule has 0 atom stereocenters. The third-order valence-electron chi connectivity index (χ3n) is 4.36. The number of carbonyl (C=O) groups excluding carboxylic acids is 1. The molecule has 0 aromatic carbocycles. The number of hydrogen-bond donors (Lipinski definition) is 1. The van der Waals surface area contributed by atoms with Crippen molar-refractivity contribution in [3.05, 3.63) is 34.9 Å². The lowest BCUT2D eigenvalue weighted by Crippen LogP contribution is -2.22. The number of furan rings is 1. The van der Waals surface area contributed by atoms with Crippen molar-refractivity contribution in [2.45, 2.75) is 46.3 Å². The van der Waals surface area contributed by atoms with Gasteiger partial charge in [-0.25, -0.2) is 14.6 Å². The van der Waals surface area contributed by atoms with E-state index in [-0.39, 0.29) is 5.91 Å². The van der Waals surface area contributed by atoms with Gasteiger partial charge < -0.3 is 14.5 Å². The topological polar surface area (TPSA) is 95.1 Å². The van der Waals surface area contributed by atoms with Crippen molar-refractivity contribution in [3.8, 4) is 22.7 Å². The number of aromatic nitrogens is 4. The summed E-state index contributed by atoms with van der Waals surface area (Å²) in [6.45, 7) is 11.4. The Labute approximate surface area is 185 Å². The highest BCUT2D eigenvalue weighted by molar-refractivity contribution is 9.10. The van der Waals surface area contributed by atoms with E-state index in [0.29, 0.717) is 28.8 Å². The summed E-state index contributed by atoms with van der Waals surface area (Å²) < 4.78 is 13.8. The fourth-order valence-corrected chi connectivity index (χ4v) is 3.93. The summed E-state index contributed by atoms with van der Waals surface area (Å²) in [6.07, 6.45) is 3.34. The Bertz CT molecular complexity index is 1040. The van der Waals surface area contributed by atoms with Gasteiger partial charge in [-0.1, -0.05) is 19.6 Å². The summed E-state index contributed by atoms with van der Waals surface area (Å²) in [6, 6.07) is 4.76. The molecule has 0 aliphatic carbocycles. The van der Waals surface area contributed by atoms with E-state index in [1.165, 1.54) is 6.92 Å². The highest BCUT2D eigenvalue weighted by Crippen LogP contribution is 2.36. The van der Waals surface area contributed by atoms with Gasteiger partial charge in [0.2, 0.25) is 5.91 Å². The Hall–Kier alpha value is -2.30. The lowest BCUT2D eigenvalue weighted by atomic mass is 10.1.